The van der Waals surface area contributed by atoms with Gasteiger partial charge in [-0.3, -0.25) is 9.59 Å². The van der Waals surface area contributed by atoms with Crippen molar-refractivity contribution in [3.63, 3.8) is 0 Å². The minimum absolute atomic E-state index is 0.205. The molecule has 0 saturated heterocycles. The lowest BCUT2D eigenvalue weighted by molar-refractivity contribution is -0.137. The van der Waals surface area contributed by atoms with Crippen LogP contribution in [0.1, 0.15) is 30.0 Å². The Kier molecular flexibility index (Phi) is 6.00. The third-order valence-corrected chi connectivity index (χ3v) is 3.54. The molecule has 2 aromatic rings. The van der Waals surface area contributed by atoms with Gasteiger partial charge < -0.3 is 24.5 Å². The van der Waals surface area contributed by atoms with E-state index in [9.17, 15) is 14.4 Å². The second-order valence-corrected chi connectivity index (χ2v) is 5.71. The lowest BCUT2D eigenvalue weighted by Crippen LogP contribution is -2.14. The van der Waals surface area contributed by atoms with Crippen LogP contribution in [-0.4, -0.2) is 33.5 Å². The van der Waals surface area contributed by atoms with Crippen molar-refractivity contribution in [1.29, 1.82) is 0 Å². The zero-order valence-electron chi connectivity index (χ0n) is 15.2. The van der Waals surface area contributed by atoms with Gasteiger partial charge in [0.05, 0.1) is 18.0 Å². The van der Waals surface area contributed by atoms with E-state index in [0.717, 1.165) is 5.69 Å². The Morgan fingerprint density at radius 3 is 2.38 bits per heavy atom. The summed E-state index contributed by atoms with van der Waals surface area (Å²) >= 11 is 0. The fraction of sp³-hybridized carbons (Fsp3) is 0.278. The number of carbonyl (C=O) groups excluding carboxylic acids is 3. The number of anilines is 2. The molecule has 26 heavy (non-hydrogen) atoms. The Morgan fingerprint density at radius 1 is 1.08 bits per heavy atom. The predicted molar refractivity (Wildman–Crippen MR) is 98.7 cm³/mol. The predicted octanol–water partition coefficient (Wildman–Crippen LogP) is 2.15. The maximum absolute atomic E-state index is 12.5. The Bertz CT molecular complexity index is 861. The van der Waals surface area contributed by atoms with Crippen LogP contribution in [0.15, 0.2) is 30.6 Å². The number of esters is 1. The molecule has 8 nitrogen and oxygen atoms in total. The van der Waals surface area contributed by atoms with Gasteiger partial charge in [-0.25, -0.2) is 4.79 Å². The first-order valence-electron chi connectivity index (χ1n) is 8.06. The normalized spacial score (nSPS) is 10.8. The van der Waals surface area contributed by atoms with Crippen molar-refractivity contribution >= 4 is 35.2 Å². The number of rotatable bonds is 6. The van der Waals surface area contributed by atoms with Crippen molar-refractivity contribution < 1.29 is 19.1 Å². The molecule has 0 unspecified atom stereocenters. The number of nitrogens with zero attached hydrogens (tertiary/aromatic N) is 2. The standard InChI is InChI=1S/C18H22N4O4/c1-5-26-17(24)7-6-15-8-13(10-21(15)3)20-18(25)16-9-14(11-22(16)4)19-12(2)23/h6-11H,5H2,1-4H3,(H,19,23)(H,20,25). The first kappa shape index (κ1) is 19.0. The molecule has 0 fully saturated rings. The van der Waals surface area contributed by atoms with Crippen LogP contribution in [-0.2, 0) is 28.4 Å². The molecule has 0 saturated carbocycles. The molecule has 0 aliphatic rings. The van der Waals surface area contributed by atoms with E-state index in [-0.39, 0.29) is 11.8 Å². The van der Waals surface area contributed by atoms with Crippen LogP contribution in [0.4, 0.5) is 11.4 Å². The Morgan fingerprint density at radius 2 is 1.73 bits per heavy atom. The van der Waals surface area contributed by atoms with E-state index >= 15 is 0 Å². The molecule has 138 valence electrons. The van der Waals surface area contributed by atoms with Crippen LogP contribution < -0.4 is 10.6 Å². The summed E-state index contributed by atoms with van der Waals surface area (Å²) in [6, 6.07) is 3.34. The summed E-state index contributed by atoms with van der Waals surface area (Å²) in [6.45, 7) is 3.46. The number of hydrogen-bond donors (Lipinski definition) is 2. The number of hydrogen-bond acceptors (Lipinski definition) is 4. The molecule has 0 atom stereocenters. The highest BCUT2D eigenvalue weighted by molar-refractivity contribution is 6.04. The van der Waals surface area contributed by atoms with E-state index in [0.29, 0.717) is 23.7 Å². The number of nitrogens with one attached hydrogen (secondary N) is 2. The maximum atomic E-state index is 12.5. The summed E-state index contributed by atoms with van der Waals surface area (Å²) in [7, 11) is 3.52. The fourth-order valence-electron chi connectivity index (χ4n) is 2.42. The van der Waals surface area contributed by atoms with Crippen molar-refractivity contribution in [2.24, 2.45) is 14.1 Å². The van der Waals surface area contributed by atoms with Crippen LogP contribution in [0.25, 0.3) is 6.08 Å². The minimum atomic E-state index is -0.423. The van der Waals surface area contributed by atoms with E-state index in [4.69, 9.17) is 4.74 Å². The lowest BCUT2D eigenvalue weighted by atomic mass is 10.3. The lowest BCUT2D eigenvalue weighted by Gasteiger charge is -2.03. The largest absolute Gasteiger partial charge is 0.463 e. The minimum Gasteiger partial charge on any atom is -0.463 e. The number of aromatic nitrogens is 2. The fourth-order valence-corrected chi connectivity index (χ4v) is 2.42. The summed E-state index contributed by atoms with van der Waals surface area (Å²) in [5, 5.41) is 5.44. The van der Waals surface area contributed by atoms with E-state index in [1.807, 2.05) is 0 Å². The number of aryl methyl sites for hydroxylation is 2. The zero-order valence-corrected chi connectivity index (χ0v) is 15.2. The van der Waals surface area contributed by atoms with Gasteiger partial charge in [0.2, 0.25) is 5.91 Å². The molecule has 2 N–H and O–H groups in total. The molecule has 0 bridgehead atoms. The smallest absolute Gasteiger partial charge is 0.330 e. The molecule has 2 rings (SSSR count). The van der Waals surface area contributed by atoms with Crippen LogP contribution in [0, 0.1) is 0 Å². The topological polar surface area (TPSA) is 94.4 Å². The second kappa shape index (κ2) is 8.19. The molecule has 2 amide bonds. The van der Waals surface area contributed by atoms with Crippen molar-refractivity contribution in [3.05, 3.63) is 42.0 Å². The van der Waals surface area contributed by atoms with Crippen molar-refractivity contribution in [2.75, 3.05) is 17.2 Å². The first-order chi connectivity index (χ1) is 12.3. The monoisotopic (exact) mass is 358 g/mol. The van der Waals surface area contributed by atoms with E-state index in [2.05, 4.69) is 10.6 Å². The van der Waals surface area contributed by atoms with E-state index in [1.165, 1.54) is 13.0 Å². The first-order valence-corrected chi connectivity index (χ1v) is 8.06. The highest BCUT2D eigenvalue weighted by Crippen LogP contribution is 2.18. The van der Waals surface area contributed by atoms with E-state index < -0.39 is 5.97 Å². The highest BCUT2D eigenvalue weighted by atomic mass is 16.5. The zero-order chi connectivity index (χ0) is 19.3. The maximum Gasteiger partial charge on any atom is 0.330 e. The molecular formula is C18H22N4O4. The summed E-state index contributed by atoms with van der Waals surface area (Å²) in [6.07, 6.45) is 6.35. The summed E-state index contributed by atoms with van der Waals surface area (Å²) < 4.78 is 8.25. The average molecular weight is 358 g/mol. The molecule has 0 aliphatic heterocycles. The molecule has 2 heterocycles. The van der Waals surface area contributed by atoms with Gasteiger partial charge in [-0.05, 0) is 25.1 Å². The third kappa shape index (κ3) is 4.85. The summed E-state index contributed by atoms with van der Waals surface area (Å²) in [4.78, 5) is 35.0. The molecule has 0 aromatic carbocycles. The van der Waals surface area contributed by atoms with Gasteiger partial charge >= 0.3 is 5.97 Å². The van der Waals surface area contributed by atoms with Crippen molar-refractivity contribution in [1.82, 2.24) is 9.13 Å². The Balaban J connectivity index is 2.10. The third-order valence-electron chi connectivity index (χ3n) is 3.54. The summed E-state index contributed by atoms with van der Waals surface area (Å²) in [5.74, 6) is -0.937. The molecular weight excluding hydrogens is 336 g/mol. The molecule has 0 radical (unpaired) electrons. The van der Waals surface area contributed by atoms with Gasteiger partial charge in [0.15, 0.2) is 0 Å². The molecule has 0 aliphatic carbocycles. The van der Waals surface area contributed by atoms with Crippen LogP contribution in [0.3, 0.4) is 0 Å². The van der Waals surface area contributed by atoms with Crippen LogP contribution in [0.2, 0.25) is 0 Å². The van der Waals surface area contributed by atoms with Crippen molar-refractivity contribution in [2.45, 2.75) is 13.8 Å². The Hall–Kier alpha value is -3.29. The second-order valence-electron chi connectivity index (χ2n) is 5.71. The molecule has 2 aromatic heterocycles. The SMILES string of the molecule is CCOC(=O)C=Cc1cc(NC(=O)c2cc(NC(C)=O)cn2C)cn1C. The van der Waals surface area contributed by atoms with Gasteiger partial charge in [0.25, 0.3) is 5.91 Å². The molecule has 0 spiro atoms. The number of ether oxygens (including phenoxy) is 1. The van der Waals surface area contributed by atoms with Crippen molar-refractivity contribution in [3.8, 4) is 0 Å². The number of carbonyl (C=O) groups is 3. The van der Waals surface area contributed by atoms with Gasteiger partial charge in [0.1, 0.15) is 5.69 Å². The van der Waals surface area contributed by atoms with Gasteiger partial charge in [0, 0.05) is 45.2 Å². The molecule has 8 heteroatoms. The summed E-state index contributed by atoms with van der Waals surface area (Å²) in [5.41, 5.74) is 2.28. The number of amides is 2. The van der Waals surface area contributed by atoms with Crippen LogP contribution >= 0.6 is 0 Å². The quantitative estimate of drug-likeness (QED) is 0.611. The highest BCUT2D eigenvalue weighted by Gasteiger charge is 2.14. The van der Waals surface area contributed by atoms with Gasteiger partial charge in [-0.15, -0.1) is 0 Å². The van der Waals surface area contributed by atoms with Gasteiger partial charge in [-0.1, -0.05) is 0 Å². The van der Waals surface area contributed by atoms with Crippen LogP contribution in [0.5, 0.6) is 0 Å². The Labute approximate surface area is 151 Å². The average Bonchev–Trinajstić information content (AvgIpc) is 3.07. The van der Waals surface area contributed by atoms with E-state index in [1.54, 1.807) is 60.8 Å². The van der Waals surface area contributed by atoms with Gasteiger partial charge in [-0.2, -0.15) is 0 Å².